The van der Waals surface area contributed by atoms with Crippen LogP contribution in [0, 0.1) is 11.7 Å². The Hall–Kier alpha value is -1.25. The molecule has 0 saturated heterocycles. The van der Waals surface area contributed by atoms with Crippen molar-refractivity contribution in [3.8, 4) is 5.75 Å². The number of methoxy groups -OCH3 is 1. The lowest BCUT2D eigenvalue weighted by molar-refractivity contribution is 0.386. The summed E-state index contributed by atoms with van der Waals surface area (Å²) >= 11 is 0. The van der Waals surface area contributed by atoms with E-state index < -0.39 is 0 Å². The molecule has 0 bridgehead atoms. The SMILES string of the molecule is COc1ccc(NCCC(C)C)cc1F. The van der Waals surface area contributed by atoms with Crippen LogP contribution in [-0.4, -0.2) is 13.7 Å². The molecule has 84 valence electrons. The van der Waals surface area contributed by atoms with E-state index >= 15 is 0 Å². The minimum Gasteiger partial charge on any atom is -0.494 e. The molecule has 15 heavy (non-hydrogen) atoms. The predicted molar refractivity (Wildman–Crippen MR) is 60.9 cm³/mol. The van der Waals surface area contributed by atoms with Crippen molar-refractivity contribution in [2.75, 3.05) is 19.0 Å². The molecule has 0 aromatic heterocycles. The second-order valence-corrected chi connectivity index (χ2v) is 3.96. The van der Waals surface area contributed by atoms with Crippen LogP contribution >= 0.6 is 0 Å². The minimum atomic E-state index is -0.327. The monoisotopic (exact) mass is 211 g/mol. The largest absolute Gasteiger partial charge is 0.494 e. The van der Waals surface area contributed by atoms with E-state index in [0.29, 0.717) is 5.92 Å². The van der Waals surface area contributed by atoms with Crippen molar-refractivity contribution in [2.45, 2.75) is 20.3 Å². The van der Waals surface area contributed by atoms with Crippen molar-refractivity contribution in [3.05, 3.63) is 24.0 Å². The van der Waals surface area contributed by atoms with Gasteiger partial charge in [0, 0.05) is 18.3 Å². The fourth-order valence-electron chi connectivity index (χ4n) is 1.28. The summed E-state index contributed by atoms with van der Waals surface area (Å²) in [5.74, 6) is 0.608. The van der Waals surface area contributed by atoms with Gasteiger partial charge in [0.2, 0.25) is 0 Å². The van der Waals surface area contributed by atoms with E-state index in [1.807, 2.05) is 6.07 Å². The van der Waals surface area contributed by atoms with Gasteiger partial charge in [0.25, 0.3) is 0 Å². The van der Waals surface area contributed by atoms with Gasteiger partial charge in [-0.3, -0.25) is 0 Å². The Bertz CT molecular complexity index is 312. The fraction of sp³-hybridized carbons (Fsp3) is 0.500. The number of hydrogen-bond donors (Lipinski definition) is 1. The zero-order valence-corrected chi connectivity index (χ0v) is 9.51. The fourth-order valence-corrected chi connectivity index (χ4v) is 1.28. The van der Waals surface area contributed by atoms with E-state index in [2.05, 4.69) is 19.2 Å². The highest BCUT2D eigenvalue weighted by Crippen LogP contribution is 2.20. The molecule has 0 unspecified atom stereocenters. The van der Waals surface area contributed by atoms with E-state index in [1.54, 1.807) is 6.07 Å². The molecule has 3 heteroatoms. The second kappa shape index (κ2) is 5.59. The van der Waals surface area contributed by atoms with Gasteiger partial charge in [0.1, 0.15) is 0 Å². The lowest BCUT2D eigenvalue weighted by Gasteiger charge is -2.09. The maximum absolute atomic E-state index is 13.3. The number of nitrogens with one attached hydrogen (secondary N) is 1. The third kappa shape index (κ3) is 3.78. The van der Waals surface area contributed by atoms with E-state index in [1.165, 1.54) is 13.2 Å². The van der Waals surface area contributed by atoms with E-state index in [4.69, 9.17) is 4.74 Å². The highest BCUT2D eigenvalue weighted by Gasteiger charge is 2.02. The first-order valence-corrected chi connectivity index (χ1v) is 5.21. The summed E-state index contributed by atoms with van der Waals surface area (Å²) in [5.41, 5.74) is 0.800. The van der Waals surface area contributed by atoms with Crippen molar-refractivity contribution >= 4 is 5.69 Å². The first kappa shape index (κ1) is 11.8. The first-order chi connectivity index (χ1) is 7.13. The highest BCUT2D eigenvalue weighted by atomic mass is 19.1. The average Bonchev–Trinajstić information content (AvgIpc) is 2.17. The van der Waals surface area contributed by atoms with E-state index in [0.717, 1.165) is 18.7 Å². The van der Waals surface area contributed by atoms with Gasteiger partial charge in [-0.1, -0.05) is 13.8 Å². The number of halogens is 1. The molecule has 1 aromatic rings. The smallest absolute Gasteiger partial charge is 0.167 e. The summed E-state index contributed by atoms with van der Waals surface area (Å²) in [6.45, 7) is 5.19. The van der Waals surface area contributed by atoms with Gasteiger partial charge in [-0.2, -0.15) is 0 Å². The van der Waals surface area contributed by atoms with Crippen molar-refractivity contribution in [1.29, 1.82) is 0 Å². The molecule has 1 aromatic carbocycles. The Morgan fingerprint density at radius 2 is 2.13 bits per heavy atom. The van der Waals surface area contributed by atoms with Crippen LogP contribution in [-0.2, 0) is 0 Å². The third-order valence-electron chi connectivity index (χ3n) is 2.20. The Labute approximate surface area is 90.4 Å². The van der Waals surface area contributed by atoms with Crippen LogP contribution in [0.4, 0.5) is 10.1 Å². The molecule has 0 aliphatic carbocycles. The van der Waals surface area contributed by atoms with Crippen molar-refractivity contribution in [3.63, 3.8) is 0 Å². The lowest BCUT2D eigenvalue weighted by atomic mass is 10.1. The molecule has 1 N–H and O–H groups in total. The van der Waals surface area contributed by atoms with Crippen LogP contribution in [0.15, 0.2) is 18.2 Å². The van der Waals surface area contributed by atoms with Gasteiger partial charge in [-0.25, -0.2) is 4.39 Å². The van der Waals surface area contributed by atoms with Gasteiger partial charge in [0.15, 0.2) is 11.6 Å². The van der Waals surface area contributed by atoms with Gasteiger partial charge in [-0.15, -0.1) is 0 Å². The first-order valence-electron chi connectivity index (χ1n) is 5.21. The van der Waals surface area contributed by atoms with Gasteiger partial charge in [0.05, 0.1) is 7.11 Å². The zero-order valence-electron chi connectivity index (χ0n) is 9.51. The van der Waals surface area contributed by atoms with Crippen molar-refractivity contribution in [2.24, 2.45) is 5.92 Å². The lowest BCUT2D eigenvalue weighted by Crippen LogP contribution is -2.05. The van der Waals surface area contributed by atoms with Crippen LogP contribution in [0.5, 0.6) is 5.75 Å². The quantitative estimate of drug-likeness (QED) is 0.807. The molecule has 0 amide bonds. The zero-order chi connectivity index (χ0) is 11.3. The Morgan fingerprint density at radius 3 is 2.67 bits per heavy atom. The van der Waals surface area contributed by atoms with E-state index in [9.17, 15) is 4.39 Å². The highest BCUT2D eigenvalue weighted by molar-refractivity contribution is 5.47. The molecular weight excluding hydrogens is 193 g/mol. The topological polar surface area (TPSA) is 21.3 Å². The summed E-state index contributed by atoms with van der Waals surface area (Å²) in [6.07, 6.45) is 1.08. The summed E-state index contributed by atoms with van der Waals surface area (Å²) in [6, 6.07) is 4.91. The molecule has 1 rings (SSSR count). The average molecular weight is 211 g/mol. The van der Waals surface area contributed by atoms with Crippen LogP contribution in [0.3, 0.4) is 0 Å². The van der Waals surface area contributed by atoms with Crippen LogP contribution in [0.25, 0.3) is 0 Å². The van der Waals surface area contributed by atoms with Gasteiger partial charge in [-0.05, 0) is 24.5 Å². The summed E-state index contributed by atoms with van der Waals surface area (Å²) in [4.78, 5) is 0. The maximum atomic E-state index is 13.3. The number of rotatable bonds is 5. The Balaban J connectivity index is 2.52. The molecular formula is C12H18FNO. The molecule has 0 aliphatic heterocycles. The summed E-state index contributed by atoms with van der Waals surface area (Å²) in [5, 5.41) is 3.17. The number of ether oxygens (including phenoxy) is 1. The molecule has 2 nitrogen and oxygen atoms in total. The van der Waals surface area contributed by atoms with Crippen LogP contribution in [0.1, 0.15) is 20.3 Å². The Morgan fingerprint density at radius 1 is 1.40 bits per heavy atom. The third-order valence-corrected chi connectivity index (χ3v) is 2.20. The number of anilines is 1. The normalized spacial score (nSPS) is 10.5. The number of benzene rings is 1. The standard InChI is InChI=1S/C12H18FNO/c1-9(2)6-7-14-10-4-5-12(15-3)11(13)8-10/h4-5,8-9,14H,6-7H2,1-3H3. The van der Waals surface area contributed by atoms with E-state index in [-0.39, 0.29) is 11.6 Å². The molecule has 0 aliphatic rings. The minimum absolute atomic E-state index is 0.282. The Kier molecular flexibility index (Phi) is 4.40. The van der Waals surface area contributed by atoms with Gasteiger partial charge >= 0.3 is 0 Å². The van der Waals surface area contributed by atoms with Crippen LogP contribution < -0.4 is 10.1 Å². The summed E-state index contributed by atoms with van der Waals surface area (Å²) in [7, 11) is 1.46. The van der Waals surface area contributed by atoms with Crippen LogP contribution in [0.2, 0.25) is 0 Å². The van der Waals surface area contributed by atoms with Gasteiger partial charge < -0.3 is 10.1 Å². The summed E-state index contributed by atoms with van der Waals surface area (Å²) < 4.78 is 18.1. The molecule has 0 heterocycles. The molecule has 0 radical (unpaired) electrons. The predicted octanol–water partition coefficient (Wildman–Crippen LogP) is 3.29. The molecule has 0 fully saturated rings. The molecule has 0 saturated carbocycles. The maximum Gasteiger partial charge on any atom is 0.167 e. The van der Waals surface area contributed by atoms with Crippen molar-refractivity contribution < 1.29 is 9.13 Å². The molecule has 0 spiro atoms. The van der Waals surface area contributed by atoms with Crippen molar-refractivity contribution in [1.82, 2.24) is 0 Å². The number of hydrogen-bond acceptors (Lipinski definition) is 2. The molecule has 0 atom stereocenters. The second-order valence-electron chi connectivity index (χ2n) is 3.96.